The molecule has 13 aromatic rings. The van der Waals surface area contributed by atoms with Crippen molar-refractivity contribution >= 4 is 113 Å². The minimum absolute atomic E-state index is 1.01. The normalized spacial score (nSPS) is 12.3. The summed E-state index contributed by atoms with van der Waals surface area (Å²) < 4.78 is 4.94. The maximum Gasteiger partial charge on any atom is 0.156 e. The first-order valence-electron chi connectivity index (χ1n) is 19.2. The van der Waals surface area contributed by atoms with Gasteiger partial charge in [0.1, 0.15) is 0 Å². The van der Waals surface area contributed by atoms with Gasteiger partial charge in [-0.25, -0.2) is 4.98 Å². The summed E-state index contributed by atoms with van der Waals surface area (Å²) in [5.74, 6) is 0. The highest BCUT2D eigenvalue weighted by Gasteiger charge is 2.20. The number of nitrogens with zero attached hydrogens (tertiary/aromatic N) is 2. The third kappa shape index (κ3) is 4.23. The zero-order valence-corrected chi connectivity index (χ0v) is 30.9. The number of benzene rings is 10. The number of rotatable bonds is 2. The van der Waals surface area contributed by atoms with Crippen molar-refractivity contribution in [1.29, 1.82) is 0 Å². The van der Waals surface area contributed by atoms with Gasteiger partial charge in [0.15, 0.2) is 5.65 Å². The van der Waals surface area contributed by atoms with E-state index in [1.165, 1.54) is 95.9 Å². The van der Waals surface area contributed by atoms with Crippen molar-refractivity contribution in [3.63, 3.8) is 0 Å². The highest BCUT2D eigenvalue weighted by molar-refractivity contribution is 7.27. The van der Waals surface area contributed by atoms with Crippen LogP contribution in [-0.4, -0.2) is 9.38 Å². The Morgan fingerprint density at radius 1 is 0.339 bits per heavy atom. The molecule has 0 radical (unpaired) electrons. The van der Waals surface area contributed by atoms with Crippen molar-refractivity contribution in [3.05, 3.63) is 182 Å². The number of hydrogen-bond acceptors (Lipinski definition) is 2. The lowest BCUT2D eigenvalue weighted by atomic mass is 9.92. The standard InChI is InChI=1S/C53H30N2S/c1-2-11-35-26-38-29-50-48(28-37(38)25-34(35)10-1)54-53-52-47(45-24-21-32-9-3-4-12-39(32)51(45)56-52)30-49(55(50)53)33-19-17-31(18-20-33)36-22-23-44-42-15-6-5-13-40(42)41-14-7-8-16-43(41)46(44)27-36/h1-30H. The van der Waals surface area contributed by atoms with Gasteiger partial charge >= 0.3 is 0 Å². The number of aromatic nitrogens is 2. The van der Waals surface area contributed by atoms with Gasteiger partial charge in [-0.05, 0) is 118 Å². The van der Waals surface area contributed by atoms with Gasteiger partial charge < -0.3 is 0 Å². The molecule has 56 heavy (non-hydrogen) atoms. The van der Waals surface area contributed by atoms with Crippen molar-refractivity contribution in [3.8, 4) is 22.4 Å². The summed E-state index contributed by atoms with van der Waals surface area (Å²) in [6.07, 6.45) is 0. The van der Waals surface area contributed by atoms with E-state index in [2.05, 4.69) is 186 Å². The maximum absolute atomic E-state index is 5.45. The fourth-order valence-corrected chi connectivity index (χ4v) is 10.7. The molecule has 3 heterocycles. The van der Waals surface area contributed by atoms with Gasteiger partial charge in [-0.1, -0.05) is 146 Å². The molecule has 0 saturated heterocycles. The Morgan fingerprint density at radius 2 is 0.893 bits per heavy atom. The molecule has 0 bridgehead atoms. The van der Waals surface area contributed by atoms with Crippen LogP contribution >= 0.6 is 11.3 Å². The Labute approximate surface area is 325 Å². The van der Waals surface area contributed by atoms with E-state index in [4.69, 9.17) is 4.98 Å². The molecule has 0 unspecified atom stereocenters. The summed E-state index contributed by atoms with van der Waals surface area (Å²) in [4.78, 5) is 5.45. The molecule has 13 rings (SSSR count). The molecular weight excluding hydrogens is 697 g/mol. The van der Waals surface area contributed by atoms with E-state index in [1.807, 2.05) is 11.3 Å². The molecule has 0 amide bonds. The third-order valence-corrected chi connectivity index (χ3v) is 13.3. The van der Waals surface area contributed by atoms with Gasteiger partial charge in [0.25, 0.3) is 0 Å². The summed E-state index contributed by atoms with van der Waals surface area (Å²) >= 11 is 1.86. The van der Waals surface area contributed by atoms with Crippen LogP contribution in [0, 0.1) is 0 Å². The first-order chi connectivity index (χ1) is 27.7. The number of thiophene rings is 1. The molecule has 0 saturated carbocycles. The van der Waals surface area contributed by atoms with Crippen LogP contribution in [0.4, 0.5) is 0 Å². The first-order valence-corrected chi connectivity index (χ1v) is 20.0. The van der Waals surface area contributed by atoms with Crippen LogP contribution in [0.5, 0.6) is 0 Å². The van der Waals surface area contributed by atoms with Gasteiger partial charge in [-0.3, -0.25) is 4.40 Å². The van der Waals surface area contributed by atoms with Crippen molar-refractivity contribution in [2.45, 2.75) is 0 Å². The Balaban J connectivity index is 1.05. The minimum Gasteiger partial charge on any atom is -0.291 e. The van der Waals surface area contributed by atoms with E-state index in [-0.39, 0.29) is 0 Å². The van der Waals surface area contributed by atoms with E-state index < -0.39 is 0 Å². The quantitative estimate of drug-likeness (QED) is 0.128. The van der Waals surface area contributed by atoms with Crippen LogP contribution in [0.1, 0.15) is 0 Å². The highest BCUT2D eigenvalue weighted by Crippen LogP contribution is 2.44. The Kier molecular flexibility index (Phi) is 6.07. The van der Waals surface area contributed by atoms with Gasteiger partial charge in [0, 0.05) is 15.5 Å². The summed E-state index contributed by atoms with van der Waals surface area (Å²) in [5, 5.41) is 17.8. The van der Waals surface area contributed by atoms with E-state index in [0.717, 1.165) is 27.9 Å². The zero-order chi connectivity index (χ0) is 36.5. The van der Waals surface area contributed by atoms with E-state index >= 15 is 0 Å². The second kappa shape index (κ2) is 11.2. The number of hydrogen-bond donors (Lipinski definition) is 0. The highest BCUT2D eigenvalue weighted by atomic mass is 32.1. The molecule has 2 nitrogen and oxygen atoms in total. The molecular formula is C53H30N2S. The maximum atomic E-state index is 5.45. The molecule has 3 heteroatoms. The Morgan fingerprint density at radius 3 is 1.61 bits per heavy atom. The number of imidazole rings is 1. The van der Waals surface area contributed by atoms with E-state index in [0.29, 0.717) is 0 Å². The Hall–Kier alpha value is -7.07. The third-order valence-electron chi connectivity index (χ3n) is 12.1. The fraction of sp³-hybridized carbons (Fsp3) is 0. The van der Waals surface area contributed by atoms with Crippen LogP contribution < -0.4 is 0 Å². The van der Waals surface area contributed by atoms with Crippen molar-refractivity contribution in [2.24, 2.45) is 0 Å². The molecule has 10 aromatic carbocycles. The smallest absolute Gasteiger partial charge is 0.156 e. The van der Waals surface area contributed by atoms with E-state index in [1.54, 1.807) is 0 Å². The number of pyridine rings is 1. The second-order valence-corrected chi connectivity index (χ2v) is 16.1. The topological polar surface area (TPSA) is 17.3 Å². The molecule has 0 aliphatic heterocycles. The molecule has 3 aromatic heterocycles. The summed E-state index contributed by atoms with van der Waals surface area (Å²) in [6, 6.07) is 67.3. The molecule has 0 aliphatic rings. The lowest BCUT2D eigenvalue weighted by molar-refractivity contribution is 1.25. The fourth-order valence-electron chi connectivity index (χ4n) is 9.40. The van der Waals surface area contributed by atoms with Gasteiger partial charge in [0.05, 0.1) is 21.4 Å². The average molecular weight is 727 g/mol. The minimum atomic E-state index is 1.01. The molecule has 258 valence electrons. The largest absolute Gasteiger partial charge is 0.291 e. The lowest BCUT2D eigenvalue weighted by Crippen LogP contribution is -1.93. The molecule has 0 fully saturated rings. The SMILES string of the molecule is c1ccc2cc3cc4c(cc3cc2c1)nc1c2sc3c5ccccc5ccc3c2cc(-c2ccc(-c3ccc5c6ccccc6c6ccccc6c5c3)cc2)n41. The summed E-state index contributed by atoms with van der Waals surface area (Å²) in [7, 11) is 0. The molecule has 0 N–H and O–H groups in total. The second-order valence-electron chi connectivity index (χ2n) is 15.1. The molecule has 0 spiro atoms. The van der Waals surface area contributed by atoms with Gasteiger partial charge in [-0.15, -0.1) is 11.3 Å². The number of fused-ring (bicyclic) bond motifs is 17. The lowest BCUT2D eigenvalue weighted by Gasteiger charge is -2.13. The van der Waals surface area contributed by atoms with Crippen LogP contribution in [0.25, 0.3) is 124 Å². The van der Waals surface area contributed by atoms with Gasteiger partial charge in [0.2, 0.25) is 0 Å². The van der Waals surface area contributed by atoms with E-state index in [9.17, 15) is 0 Å². The predicted molar refractivity (Wildman–Crippen MR) is 241 cm³/mol. The van der Waals surface area contributed by atoms with Crippen LogP contribution in [0.15, 0.2) is 182 Å². The monoisotopic (exact) mass is 726 g/mol. The van der Waals surface area contributed by atoms with Gasteiger partial charge in [-0.2, -0.15) is 0 Å². The zero-order valence-electron chi connectivity index (χ0n) is 30.1. The van der Waals surface area contributed by atoms with Crippen LogP contribution in [0.2, 0.25) is 0 Å². The Bertz CT molecular complexity index is 3780. The summed E-state index contributed by atoms with van der Waals surface area (Å²) in [5.41, 5.74) is 7.87. The first kappa shape index (κ1) is 30.3. The molecule has 0 aliphatic carbocycles. The average Bonchev–Trinajstić information content (AvgIpc) is 3.83. The summed E-state index contributed by atoms with van der Waals surface area (Å²) in [6.45, 7) is 0. The van der Waals surface area contributed by atoms with Crippen molar-refractivity contribution in [1.82, 2.24) is 9.38 Å². The molecule has 0 atom stereocenters. The van der Waals surface area contributed by atoms with Crippen molar-refractivity contribution < 1.29 is 0 Å². The predicted octanol–water partition coefficient (Wildman–Crippen LogP) is 15.1. The van der Waals surface area contributed by atoms with Crippen molar-refractivity contribution in [2.75, 3.05) is 0 Å². The van der Waals surface area contributed by atoms with Crippen LogP contribution in [0.3, 0.4) is 0 Å². The van der Waals surface area contributed by atoms with Crippen LogP contribution in [-0.2, 0) is 0 Å².